The summed E-state index contributed by atoms with van der Waals surface area (Å²) in [7, 11) is 0. The van der Waals surface area contributed by atoms with Crippen LogP contribution in [-0.2, 0) is 14.4 Å². The maximum absolute atomic E-state index is 13.7. The third-order valence-corrected chi connectivity index (χ3v) is 7.62. The number of nitrogens with zero attached hydrogens (tertiary/aromatic N) is 6. The Morgan fingerprint density at radius 1 is 0.800 bits per heavy atom. The molecule has 1 fully saturated rings. The molecule has 0 N–H and O–H groups in total. The standard InChI is InChI=1S/C31H24N6O3/c38-27(37-26(22-13-5-2-6-14-22)18-24(33-37)21-11-3-1-4-12-21)19-35-29-28(32-34-35)30(39)36(31(29)40)25-17-9-15-20-10-7-8-16-23(20)25/h1-17,26,28-29H,18-19H2. The quantitative estimate of drug-likeness (QED) is 0.356. The summed E-state index contributed by atoms with van der Waals surface area (Å²) >= 11 is 0. The summed E-state index contributed by atoms with van der Waals surface area (Å²) in [4.78, 5) is 42.0. The SMILES string of the molecule is O=C1C2N=NN(CC(=O)N3N=C(c4ccccc4)CC3c3ccccc3)C2C(=O)N1c1cccc2ccccc12. The number of benzene rings is 4. The first-order valence-corrected chi connectivity index (χ1v) is 13.1. The molecule has 9 nitrogen and oxygen atoms in total. The number of carbonyl (C=O) groups excluding carboxylic acids is 3. The Morgan fingerprint density at radius 3 is 2.30 bits per heavy atom. The topological polar surface area (TPSA) is 98.0 Å². The van der Waals surface area contributed by atoms with Crippen LogP contribution in [0.3, 0.4) is 0 Å². The van der Waals surface area contributed by atoms with Gasteiger partial charge in [0.25, 0.3) is 17.7 Å². The van der Waals surface area contributed by atoms with Crippen molar-refractivity contribution in [3.8, 4) is 0 Å². The summed E-state index contributed by atoms with van der Waals surface area (Å²) < 4.78 is 0. The van der Waals surface area contributed by atoms with Crippen LogP contribution in [0.4, 0.5) is 5.69 Å². The molecule has 1 saturated heterocycles. The monoisotopic (exact) mass is 528 g/mol. The van der Waals surface area contributed by atoms with Crippen molar-refractivity contribution < 1.29 is 14.4 Å². The Kier molecular flexibility index (Phi) is 5.70. The highest BCUT2D eigenvalue weighted by Crippen LogP contribution is 2.37. The van der Waals surface area contributed by atoms with E-state index in [-0.39, 0.29) is 18.5 Å². The fourth-order valence-corrected chi connectivity index (χ4v) is 5.69. The van der Waals surface area contributed by atoms with Crippen LogP contribution in [0.25, 0.3) is 10.8 Å². The molecule has 3 amide bonds. The zero-order valence-corrected chi connectivity index (χ0v) is 21.4. The normalized spacial score (nSPS) is 21.9. The van der Waals surface area contributed by atoms with Crippen molar-refractivity contribution in [2.45, 2.75) is 24.5 Å². The minimum absolute atomic E-state index is 0.234. The van der Waals surface area contributed by atoms with E-state index in [2.05, 4.69) is 10.3 Å². The van der Waals surface area contributed by atoms with Crippen molar-refractivity contribution in [2.75, 3.05) is 11.4 Å². The average molecular weight is 529 g/mol. The zero-order valence-electron chi connectivity index (χ0n) is 21.4. The van der Waals surface area contributed by atoms with Gasteiger partial charge in [0.1, 0.15) is 6.54 Å². The summed E-state index contributed by atoms with van der Waals surface area (Å²) in [5.74, 6) is -1.22. The lowest BCUT2D eigenvalue weighted by atomic mass is 9.98. The smallest absolute Gasteiger partial charge is 0.264 e. The van der Waals surface area contributed by atoms with Crippen molar-refractivity contribution in [3.63, 3.8) is 0 Å². The van der Waals surface area contributed by atoms with Crippen LogP contribution in [0.1, 0.15) is 23.6 Å². The van der Waals surface area contributed by atoms with Crippen molar-refractivity contribution in [1.82, 2.24) is 10.0 Å². The van der Waals surface area contributed by atoms with Gasteiger partial charge in [-0.1, -0.05) is 102 Å². The number of hydrazone groups is 1. The van der Waals surface area contributed by atoms with Crippen LogP contribution in [0.15, 0.2) is 119 Å². The van der Waals surface area contributed by atoms with Gasteiger partial charge in [-0.25, -0.2) is 9.91 Å². The number of rotatable bonds is 5. The number of fused-ring (bicyclic) bond motifs is 2. The maximum atomic E-state index is 13.7. The van der Waals surface area contributed by atoms with E-state index in [0.29, 0.717) is 12.1 Å². The number of imide groups is 1. The summed E-state index contributed by atoms with van der Waals surface area (Å²) in [5, 5.41) is 17.4. The van der Waals surface area contributed by atoms with E-state index >= 15 is 0 Å². The Hall–Kier alpha value is -5.18. The summed E-state index contributed by atoms with van der Waals surface area (Å²) in [6.45, 7) is -0.234. The van der Waals surface area contributed by atoms with Crippen LogP contribution in [0.5, 0.6) is 0 Å². The number of anilines is 1. The molecule has 0 saturated carbocycles. The van der Waals surface area contributed by atoms with Gasteiger partial charge in [-0.2, -0.15) is 10.2 Å². The molecule has 4 aromatic carbocycles. The maximum Gasteiger partial charge on any atom is 0.264 e. The number of hydrogen-bond acceptors (Lipinski definition) is 7. The second kappa shape index (κ2) is 9.53. The molecule has 9 heteroatoms. The van der Waals surface area contributed by atoms with Crippen LogP contribution in [-0.4, -0.2) is 52.1 Å². The number of amides is 3. The molecule has 0 bridgehead atoms. The third kappa shape index (κ3) is 3.86. The van der Waals surface area contributed by atoms with E-state index < -0.39 is 23.9 Å². The highest BCUT2D eigenvalue weighted by molar-refractivity contribution is 6.27. The molecule has 0 aromatic heterocycles. The predicted molar refractivity (Wildman–Crippen MR) is 149 cm³/mol. The third-order valence-electron chi connectivity index (χ3n) is 7.62. The molecular weight excluding hydrogens is 504 g/mol. The van der Waals surface area contributed by atoms with Gasteiger partial charge in [0, 0.05) is 11.8 Å². The fourth-order valence-electron chi connectivity index (χ4n) is 5.69. The minimum atomic E-state index is -0.994. The molecule has 3 heterocycles. The molecule has 0 spiro atoms. The van der Waals surface area contributed by atoms with Gasteiger partial charge in [0.2, 0.25) is 0 Å². The lowest BCUT2D eigenvalue weighted by Gasteiger charge is -2.25. The molecule has 4 aromatic rings. The van der Waals surface area contributed by atoms with Crippen molar-refractivity contribution in [1.29, 1.82) is 0 Å². The Labute approximate surface area is 230 Å². The molecule has 7 rings (SSSR count). The number of hydrogen-bond donors (Lipinski definition) is 0. The molecule has 0 aliphatic carbocycles. The molecule has 40 heavy (non-hydrogen) atoms. The van der Waals surface area contributed by atoms with Crippen molar-refractivity contribution in [3.05, 3.63) is 114 Å². The van der Waals surface area contributed by atoms with E-state index in [1.165, 1.54) is 14.9 Å². The van der Waals surface area contributed by atoms with Crippen LogP contribution in [0.2, 0.25) is 0 Å². The zero-order chi connectivity index (χ0) is 27.2. The second-order valence-corrected chi connectivity index (χ2v) is 9.98. The Bertz CT molecular complexity index is 1700. The molecule has 3 aliphatic heterocycles. The lowest BCUT2D eigenvalue weighted by Crippen LogP contribution is -2.44. The highest BCUT2D eigenvalue weighted by Gasteiger charge is 2.55. The van der Waals surface area contributed by atoms with Gasteiger partial charge in [-0.3, -0.25) is 19.4 Å². The van der Waals surface area contributed by atoms with Gasteiger partial charge in [-0.05, 0) is 22.6 Å². The second-order valence-electron chi connectivity index (χ2n) is 9.98. The molecule has 0 radical (unpaired) electrons. The molecule has 3 unspecified atom stereocenters. The largest absolute Gasteiger partial charge is 0.271 e. The van der Waals surface area contributed by atoms with Gasteiger partial charge in [0.15, 0.2) is 12.1 Å². The first kappa shape index (κ1) is 23.9. The van der Waals surface area contributed by atoms with Gasteiger partial charge < -0.3 is 0 Å². The molecule has 3 aliphatic rings. The van der Waals surface area contributed by atoms with Crippen LogP contribution in [0, 0.1) is 0 Å². The Morgan fingerprint density at radius 2 is 1.50 bits per heavy atom. The number of carbonyl (C=O) groups is 3. The summed E-state index contributed by atoms with van der Waals surface area (Å²) in [6, 6.07) is 30.3. The van der Waals surface area contributed by atoms with Gasteiger partial charge in [0.05, 0.1) is 17.4 Å². The van der Waals surface area contributed by atoms with Crippen LogP contribution < -0.4 is 4.90 Å². The predicted octanol–water partition coefficient (Wildman–Crippen LogP) is 4.51. The molecule has 3 atom stereocenters. The van der Waals surface area contributed by atoms with E-state index in [0.717, 1.165) is 27.6 Å². The van der Waals surface area contributed by atoms with Crippen LogP contribution >= 0.6 is 0 Å². The average Bonchev–Trinajstić information content (AvgIpc) is 3.69. The van der Waals surface area contributed by atoms with Gasteiger partial charge in [-0.15, -0.1) is 0 Å². The van der Waals surface area contributed by atoms with E-state index in [1.807, 2.05) is 97.1 Å². The first-order chi connectivity index (χ1) is 19.6. The highest BCUT2D eigenvalue weighted by atomic mass is 16.2. The lowest BCUT2D eigenvalue weighted by molar-refractivity contribution is -0.135. The van der Waals surface area contributed by atoms with E-state index in [1.54, 1.807) is 6.07 Å². The fraction of sp³-hybridized carbons (Fsp3) is 0.161. The molecule has 196 valence electrons. The Balaban J connectivity index is 1.17. The summed E-state index contributed by atoms with van der Waals surface area (Å²) in [5.41, 5.74) is 3.21. The van der Waals surface area contributed by atoms with Gasteiger partial charge >= 0.3 is 0 Å². The van der Waals surface area contributed by atoms with Crippen molar-refractivity contribution in [2.24, 2.45) is 15.4 Å². The minimum Gasteiger partial charge on any atom is -0.271 e. The van der Waals surface area contributed by atoms with Crippen molar-refractivity contribution >= 4 is 39.9 Å². The van der Waals surface area contributed by atoms with E-state index in [9.17, 15) is 14.4 Å². The van der Waals surface area contributed by atoms with E-state index in [4.69, 9.17) is 5.10 Å². The molecular formula is C31H24N6O3. The first-order valence-electron chi connectivity index (χ1n) is 13.1. The summed E-state index contributed by atoms with van der Waals surface area (Å²) in [6.07, 6.45) is 0.555.